The number of rotatable bonds is 3. The van der Waals surface area contributed by atoms with Gasteiger partial charge in [-0.05, 0) is 48.7 Å². The quantitative estimate of drug-likeness (QED) is 0.752. The van der Waals surface area contributed by atoms with E-state index in [-0.39, 0.29) is 0 Å². The van der Waals surface area contributed by atoms with Gasteiger partial charge in [0.15, 0.2) is 17.3 Å². The predicted molar refractivity (Wildman–Crippen MR) is 98.4 cm³/mol. The largest absolute Gasteiger partial charge is 0.486 e. The fourth-order valence-corrected chi connectivity index (χ4v) is 4.48. The van der Waals surface area contributed by atoms with Crippen LogP contribution >= 0.6 is 11.3 Å². The van der Waals surface area contributed by atoms with Crippen molar-refractivity contribution in [2.75, 3.05) is 13.2 Å². The van der Waals surface area contributed by atoms with Crippen molar-refractivity contribution in [2.24, 2.45) is 5.73 Å². The lowest BCUT2D eigenvalue weighted by atomic mass is 9.99. The smallest absolute Gasteiger partial charge is 0.268 e. The third-order valence-electron chi connectivity index (χ3n) is 5.01. The number of benzene rings is 1. The SMILES string of the molecule is NC1(c2noc(-c3ccc(-c4ccc5c(c4)OCCO5)s3)n2)CCCC1. The minimum Gasteiger partial charge on any atom is -0.486 e. The number of thiophene rings is 1. The zero-order chi connectivity index (χ0) is 17.6. The van der Waals surface area contributed by atoms with Gasteiger partial charge in [-0.3, -0.25) is 0 Å². The molecule has 0 saturated heterocycles. The monoisotopic (exact) mass is 369 g/mol. The molecular weight excluding hydrogens is 350 g/mol. The number of nitrogens with two attached hydrogens (primary N) is 1. The molecule has 0 amide bonds. The van der Waals surface area contributed by atoms with Crippen molar-refractivity contribution in [3.63, 3.8) is 0 Å². The number of hydrogen-bond acceptors (Lipinski definition) is 7. The second-order valence-electron chi connectivity index (χ2n) is 6.81. The minimum absolute atomic E-state index is 0.433. The predicted octanol–water partition coefficient (Wildman–Crippen LogP) is 3.96. The zero-order valence-corrected chi connectivity index (χ0v) is 15.1. The highest BCUT2D eigenvalue weighted by Crippen LogP contribution is 2.40. The first-order valence-electron chi connectivity index (χ1n) is 8.85. The normalized spacial score (nSPS) is 18.2. The first kappa shape index (κ1) is 15.8. The van der Waals surface area contributed by atoms with Gasteiger partial charge in [0.2, 0.25) is 0 Å². The van der Waals surface area contributed by atoms with Gasteiger partial charge in [-0.15, -0.1) is 11.3 Å². The van der Waals surface area contributed by atoms with Crippen molar-refractivity contribution in [3.8, 4) is 32.7 Å². The van der Waals surface area contributed by atoms with E-state index in [1.807, 2.05) is 24.3 Å². The van der Waals surface area contributed by atoms with E-state index >= 15 is 0 Å². The maximum atomic E-state index is 6.43. The highest BCUT2D eigenvalue weighted by atomic mass is 32.1. The van der Waals surface area contributed by atoms with E-state index in [0.29, 0.717) is 24.9 Å². The Kier molecular flexibility index (Phi) is 3.72. The number of hydrogen-bond donors (Lipinski definition) is 1. The summed E-state index contributed by atoms with van der Waals surface area (Å²) in [5.74, 6) is 2.74. The molecule has 3 aromatic rings. The number of ether oxygens (including phenoxy) is 2. The second-order valence-corrected chi connectivity index (χ2v) is 7.89. The summed E-state index contributed by atoms with van der Waals surface area (Å²) in [4.78, 5) is 6.63. The molecule has 1 aromatic carbocycles. The molecule has 3 heterocycles. The van der Waals surface area contributed by atoms with E-state index in [1.54, 1.807) is 11.3 Å². The van der Waals surface area contributed by atoms with Crippen LogP contribution in [0.15, 0.2) is 34.9 Å². The maximum Gasteiger partial charge on any atom is 0.268 e. The number of aromatic nitrogens is 2. The fourth-order valence-electron chi connectivity index (χ4n) is 3.56. The van der Waals surface area contributed by atoms with E-state index in [9.17, 15) is 0 Å². The summed E-state index contributed by atoms with van der Waals surface area (Å²) < 4.78 is 16.7. The molecule has 134 valence electrons. The van der Waals surface area contributed by atoms with Gasteiger partial charge < -0.3 is 19.7 Å². The lowest BCUT2D eigenvalue weighted by Gasteiger charge is -2.18. The van der Waals surface area contributed by atoms with Gasteiger partial charge in [-0.2, -0.15) is 4.98 Å². The summed E-state index contributed by atoms with van der Waals surface area (Å²) in [5.41, 5.74) is 7.07. The van der Waals surface area contributed by atoms with Crippen LogP contribution < -0.4 is 15.2 Å². The summed E-state index contributed by atoms with van der Waals surface area (Å²) in [6.07, 6.45) is 4.07. The Balaban J connectivity index is 1.43. The summed E-state index contributed by atoms with van der Waals surface area (Å²) in [7, 11) is 0. The Labute approximate surface area is 154 Å². The molecule has 0 atom stereocenters. The lowest BCUT2D eigenvalue weighted by Crippen LogP contribution is -2.34. The molecule has 26 heavy (non-hydrogen) atoms. The minimum atomic E-state index is -0.433. The van der Waals surface area contributed by atoms with Crippen LogP contribution in [0.4, 0.5) is 0 Å². The Morgan fingerprint density at radius 2 is 1.73 bits per heavy atom. The van der Waals surface area contributed by atoms with E-state index in [4.69, 9.17) is 19.7 Å². The molecule has 1 fully saturated rings. The van der Waals surface area contributed by atoms with Crippen LogP contribution in [0.25, 0.3) is 21.2 Å². The molecule has 2 aliphatic rings. The Morgan fingerprint density at radius 3 is 2.58 bits per heavy atom. The van der Waals surface area contributed by atoms with Crippen molar-refractivity contribution in [3.05, 3.63) is 36.2 Å². The summed E-state index contributed by atoms with van der Waals surface area (Å²) in [6, 6.07) is 10.1. The van der Waals surface area contributed by atoms with Gasteiger partial charge in [-0.25, -0.2) is 0 Å². The molecule has 0 bridgehead atoms. The lowest BCUT2D eigenvalue weighted by molar-refractivity contribution is 0.171. The molecule has 7 heteroatoms. The topological polar surface area (TPSA) is 83.4 Å². The maximum absolute atomic E-state index is 6.43. The molecule has 1 aliphatic heterocycles. The zero-order valence-electron chi connectivity index (χ0n) is 14.2. The molecular formula is C19H19N3O3S. The Hall–Kier alpha value is -2.38. The van der Waals surface area contributed by atoms with Crippen molar-refractivity contribution < 1.29 is 14.0 Å². The van der Waals surface area contributed by atoms with Crippen molar-refractivity contribution in [2.45, 2.75) is 31.2 Å². The van der Waals surface area contributed by atoms with Crippen LogP contribution in [-0.2, 0) is 5.54 Å². The summed E-state index contributed by atoms with van der Waals surface area (Å²) in [6.45, 7) is 1.18. The summed E-state index contributed by atoms with van der Waals surface area (Å²) in [5, 5.41) is 4.15. The van der Waals surface area contributed by atoms with Crippen molar-refractivity contribution in [1.29, 1.82) is 0 Å². The van der Waals surface area contributed by atoms with Crippen molar-refractivity contribution in [1.82, 2.24) is 10.1 Å². The standard InChI is InChI=1S/C19H19N3O3S/c20-19(7-1-2-8-19)18-21-17(25-22-18)16-6-5-15(26-16)12-3-4-13-14(11-12)24-10-9-23-13/h3-6,11H,1-2,7-10,20H2. The van der Waals surface area contributed by atoms with E-state index in [2.05, 4.69) is 16.2 Å². The fraction of sp³-hybridized carbons (Fsp3) is 0.368. The van der Waals surface area contributed by atoms with Crippen LogP contribution in [0.5, 0.6) is 11.5 Å². The first-order valence-corrected chi connectivity index (χ1v) is 9.66. The molecule has 2 aromatic heterocycles. The summed E-state index contributed by atoms with van der Waals surface area (Å²) >= 11 is 1.61. The highest BCUT2D eigenvalue weighted by molar-refractivity contribution is 7.18. The van der Waals surface area contributed by atoms with E-state index in [0.717, 1.165) is 52.5 Å². The molecule has 1 aliphatic carbocycles. The Morgan fingerprint density at radius 1 is 0.962 bits per heavy atom. The van der Waals surface area contributed by atoms with Crippen LogP contribution in [0.3, 0.4) is 0 Å². The molecule has 0 spiro atoms. The van der Waals surface area contributed by atoms with E-state index in [1.165, 1.54) is 0 Å². The van der Waals surface area contributed by atoms with Crippen LogP contribution in [-0.4, -0.2) is 23.4 Å². The van der Waals surface area contributed by atoms with Gasteiger partial charge >= 0.3 is 0 Å². The van der Waals surface area contributed by atoms with Gasteiger partial charge in [0.1, 0.15) is 13.2 Å². The van der Waals surface area contributed by atoms with Crippen LogP contribution in [0.1, 0.15) is 31.5 Å². The van der Waals surface area contributed by atoms with Crippen molar-refractivity contribution >= 4 is 11.3 Å². The third kappa shape index (κ3) is 2.68. The molecule has 1 saturated carbocycles. The number of fused-ring (bicyclic) bond motifs is 1. The molecule has 0 radical (unpaired) electrons. The van der Waals surface area contributed by atoms with Crippen LogP contribution in [0, 0.1) is 0 Å². The van der Waals surface area contributed by atoms with Gasteiger partial charge in [0.05, 0.1) is 10.4 Å². The second kappa shape index (κ2) is 6.10. The molecule has 5 rings (SSSR count). The highest BCUT2D eigenvalue weighted by Gasteiger charge is 2.36. The number of nitrogens with zero attached hydrogens (tertiary/aromatic N) is 2. The Bertz CT molecular complexity index is 943. The first-order chi connectivity index (χ1) is 12.7. The van der Waals surface area contributed by atoms with Gasteiger partial charge in [0.25, 0.3) is 5.89 Å². The van der Waals surface area contributed by atoms with Gasteiger partial charge in [-0.1, -0.05) is 18.0 Å². The van der Waals surface area contributed by atoms with Gasteiger partial charge in [0, 0.05) is 4.88 Å². The average Bonchev–Trinajstić information content (AvgIpc) is 3.41. The van der Waals surface area contributed by atoms with E-state index < -0.39 is 5.54 Å². The molecule has 0 unspecified atom stereocenters. The molecule has 2 N–H and O–H groups in total. The van der Waals surface area contributed by atoms with Crippen LogP contribution in [0.2, 0.25) is 0 Å². The average molecular weight is 369 g/mol. The molecule has 6 nitrogen and oxygen atoms in total. The third-order valence-corrected chi connectivity index (χ3v) is 6.13.